The van der Waals surface area contributed by atoms with Crippen molar-refractivity contribution < 1.29 is 9.21 Å². The zero-order chi connectivity index (χ0) is 20.5. The monoisotopic (exact) mass is 391 g/mol. The van der Waals surface area contributed by atoms with Gasteiger partial charge in [-0.15, -0.1) is 0 Å². The Morgan fingerprint density at radius 1 is 1.03 bits per heavy atom. The first kappa shape index (κ1) is 19.1. The Balaban J connectivity index is 1.42. The van der Waals surface area contributed by atoms with E-state index < -0.39 is 5.76 Å². The molecule has 2 aromatic carbocycles. The molecular formula is C23H25N3O3. The van der Waals surface area contributed by atoms with E-state index in [4.69, 9.17) is 4.42 Å². The van der Waals surface area contributed by atoms with Crippen molar-refractivity contribution in [2.75, 3.05) is 0 Å². The summed E-state index contributed by atoms with van der Waals surface area (Å²) in [7, 11) is 0. The van der Waals surface area contributed by atoms with Gasteiger partial charge in [0.2, 0.25) is 5.91 Å². The van der Waals surface area contributed by atoms with Gasteiger partial charge in [-0.25, -0.2) is 4.79 Å². The van der Waals surface area contributed by atoms with E-state index in [1.807, 2.05) is 37.3 Å². The van der Waals surface area contributed by atoms with Gasteiger partial charge < -0.3 is 14.3 Å². The highest BCUT2D eigenvalue weighted by atomic mass is 16.4. The summed E-state index contributed by atoms with van der Waals surface area (Å²) >= 11 is 0. The van der Waals surface area contributed by atoms with Crippen LogP contribution in [0.2, 0.25) is 0 Å². The van der Waals surface area contributed by atoms with Crippen LogP contribution in [0.3, 0.4) is 0 Å². The highest BCUT2D eigenvalue weighted by Crippen LogP contribution is 2.25. The minimum Gasteiger partial charge on any atom is -0.408 e. The second-order valence-corrected chi connectivity index (χ2v) is 7.54. The number of hydrogen-bond acceptors (Lipinski definition) is 3. The number of amides is 1. The molecule has 4 rings (SSSR count). The molecule has 2 heterocycles. The summed E-state index contributed by atoms with van der Waals surface area (Å²) < 4.78 is 9.02. The van der Waals surface area contributed by atoms with Crippen molar-refractivity contribution in [3.8, 4) is 0 Å². The standard InChI is InChI=1S/C23H25N3O3/c1-15(14-26-20-10-6-7-11-21(20)29-23(26)28)24-22(27)12-13-25-17(3)16(2)18-8-4-5-9-19(18)25/h4-11,15H,12-14H2,1-3H3,(H,24,27)/t15-/m1/s1. The normalized spacial score (nSPS) is 12.5. The van der Waals surface area contributed by atoms with Crippen molar-refractivity contribution in [2.24, 2.45) is 0 Å². The van der Waals surface area contributed by atoms with Crippen LogP contribution in [-0.4, -0.2) is 21.1 Å². The van der Waals surface area contributed by atoms with Gasteiger partial charge >= 0.3 is 5.76 Å². The number of para-hydroxylation sites is 3. The van der Waals surface area contributed by atoms with E-state index in [9.17, 15) is 9.59 Å². The molecule has 29 heavy (non-hydrogen) atoms. The fraction of sp³-hybridized carbons (Fsp3) is 0.304. The number of fused-ring (bicyclic) bond motifs is 2. The lowest BCUT2D eigenvalue weighted by Gasteiger charge is -2.15. The first-order valence-corrected chi connectivity index (χ1v) is 9.88. The van der Waals surface area contributed by atoms with Crippen molar-refractivity contribution in [1.82, 2.24) is 14.5 Å². The Labute approximate surface area is 168 Å². The van der Waals surface area contributed by atoms with E-state index in [0.717, 1.165) is 11.0 Å². The average molecular weight is 391 g/mol. The number of aromatic nitrogens is 2. The molecule has 0 saturated heterocycles. The van der Waals surface area contributed by atoms with Gasteiger partial charge in [0.1, 0.15) is 0 Å². The molecule has 0 aliphatic rings. The Bertz CT molecular complexity index is 1250. The van der Waals surface area contributed by atoms with Crippen LogP contribution < -0.4 is 11.1 Å². The Kier molecular flexibility index (Phi) is 5.01. The lowest BCUT2D eigenvalue weighted by molar-refractivity contribution is -0.122. The molecule has 0 bridgehead atoms. The quantitative estimate of drug-likeness (QED) is 0.544. The average Bonchev–Trinajstić information content (AvgIpc) is 3.15. The predicted octanol–water partition coefficient (Wildman–Crippen LogP) is 3.76. The molecule has 0 aliphatic carbocycles. The molecule has 1 N–H and O–H groups in total. The molecule has 4 aromatic rings. The molecule has 6 nitrogen and oxygen atoms in total. The zero-order valence-electron chi connectivity index (χ0n) is 16.9. The molecule has 1 amide bonds. The molecule has 0 spiro atoms. The van der Waals surface area contributed by atoms with Gasteiger partial charge in [-0.3, -0.25) is 9.36 Å². The van der Waals surface area contributed by atoms with Gasteiger partial charge in [0.25, 0.3) is 0 Å². The summed E-state index contributed by atoms with van der Waals surface area (Å²) in [6.45, 7) is 7.08. The molecule has 0 saturated carbocycles. The summed E-state index contributed by atoms with van der Waals surface area (Å²) in [5.74, 6) is -0.439. The van der Waals surface area contributed by atoms with Gasteiger partial charge in [0, 0.05) is 42.1 Å². The summed E-state index contributed by atoms with van der Waals surface area (Å²) in [4.78, 5) is 24.6. The summed E-state index contributed by atoms with van der Waals surface area (Å²) in [6, 6.07) is 15.4. The number of aryl methyl sites for hydroxylation is 2. The summed E-state index contributed by atoms with van der Waals surface area (Å²) in [5.41, 5.74) is 4.88. The summed E-state index contributed by atoms with van der Waals surface area (Å²) in [6.07, 6.45) is 0.379. The minimum atomic E-state index is -0.405. The lowest BCUT2D eigenvalue weighted by atomic mass is 10.2. The third kappa shape index (κ3) is 3.58. The molecule has 0 unspecified atom stereocenters. The van der Waals surface area contributed by atoms with Crippen LogP contribution >= 0.6 is 0 Å². The van der Waals surface area contributed by atoms with Gasteiger partial charge in [-0.2, -0.15) is 0 Å². The molecular weight excluding hydrogens is 366 g/mol. The number of nitrogens with one attached hydrogen (secondary N) is 1. The minimum absolute atomic E-state index is 0.0341. The third-order valence-corrected chi connectivity index (χ3v) is 5.55. The van der Waals surface area contributed by atoms with Crippen LogP contribution in [0.25, 0.3) is 22.0 Å². The van der Waals surface area contributed by atoms with E-state index in [1.54, 1.807) is 10.6 Å². The molecule has 6 heteroatoms. The SMILES string of the molecule is Cc1c(C)n(CCC(=O)N[C@H](C)Cn2c(=O)oc3ccccc32)c2ccccc12. The Morgan fingerprint density at radius 2 is 1.72 bits per heavy atom. The Hall–Kier alpha value is -3.28. The van der Waals surface area contributed by atoms with Gasteiger partial charge in [0.05, 0.1) is 5.52 Å². The van der Waals surface area contributed by atoms with Crippen LogP contribution in [0.1, 0.15) is 24.6 Å². The molecule has 150 valence electrons. The lowest BCUT2D eigenvalue weighted by Crippen LogP contribution is -2.37. The van der Waals surface area contributed by atoms with Gasteiger partial charge in [0.15, 0.2) is 5.58 Å². The maximum Gasteiger partial charge on any atom is 0.420 e. The number of hydrogen-bond donors (Lipinski definition) is 1. The van der Waals surface area contributed by atoms with Crippen molar-refractivity contribution >= 4 is 27.9 Å². The van der Waals surface area contributed by atoms with Crippen molar-refractivity contribution in [3.05, 3.63) is 70.3 Å². The maximum absolute atomic E-state index is 12.5. The van der Waals surface area contributed by atoms with Crippen LogP contribution in [0, 0.1) is 13.8 Å². The van der Waals surface area contributed by atoms with E-state index >= 15 is 0 Å². The number of carbonyl (C=O) groups excluding carboxylic acids is 1. The van der Waals surface area contributed by atoms with E-state index in [-0.39, 0.29) is 11.9 Å². The predicted molar refractivity (Wildman–Crippen MR) is 114 cm³/mol. The number of oxazole rings is 1. The molecule has 0 radical (unpaired) electrons. The second kappa shape index (κ2) is 7.62. The van der Waals surface area contributed by atoms with Crippen molar-refractivity contribution in [2.45, 2.75) is 46.3 Å². The molecule has 0 fully saturated rings. The molecule has 1 atom stereocenters. The first-order valence-electron chi connectivity index (χ1n) is 9.88. The summed E-state index contributed by atoms with van der Waals surface area (Å²) in [5, 5.41) is 4.23. The fourth-order valence-corrected chi connectivity index (χ4v) is 3.96. The van der Waals surface area contributed by atoms with Gasteiger partial charge in [-0.05, 0) is 44.5 Å². The van der Waals surface area contributed by atoms with Crippen LogP contribution in [-0.2, 0) is 17.9 Å². The maximum atomic E-state index is 12.5. The highest BCUT2D eigenvalue weighted by Gasteiger charge is 2.15. The largest absolute Gasteiger partial charge is 0.420 e. The van der Waals surface area contributed by atoms with E-state index in [0.29, 0.717) is 25.1 Å². The van der Waals surface area contributed by atoms with Crippen molar-refractivity contribution in [1.29, 1.82) is 0 Å². The number of carbonyl (C=O) groups is 1. The first-order chi connectivity index (χ1) is 14.0. The van der Waals surface area contributed by atoms with Crippen molar-refractivity contribution in [3.63, 3.8) is 0 Å². The van der Waals surface area contributed by atoms with Gasteiger partial charge in [-0.1, -0.05) is 30.3 Å². The smallest absolute Gasteiger partial charge is 0.408 e. The molecule has 2 aromatic heterocycles. The van der Waals surface area contributed by atoms with Crippen LogP contribution in [0.5, 0.6) is 0 Å². The fourth-order valence-electron chi connectivity index (χ4n) is 3.96. The number of rotatable bonds is 6. The van der Waals surface area contributed by atoms with E-state index in [2.05, 4.69) is 35.9 Å². The highest BCUT2D eigenvalue weighted by molar-refractivity contribution is 5.85. The third-order valence-electron chi connectivity index (χ3n) is 5.55. The van der Waals surface area contributed by atoms with Crippen LogP contribution in [0.15, 0.2) is 57.7 Å². The topological polar surface area (TPSA) is 69.2 Å². The second-order valence-electron chi connectivity index (χ2n) is 7.54. The molecule has 0 aliphatic heterocycles. The Morgan fingerprint density at radius 3 is 2.52 bits per heavy atom. The van der Waals surface area contributed by atoms with E-state index in [1.165, 1.54) is 16.6 Å². The number of nitrogens with zero attached hydrogens (tertiary/aromatic N) is 2. The van der Waals surface area contributed by atoms with Crippen LogP contribution in [0.4, 0.5) is 0 Å². The zero-order valence-corrected chi connectivity index (χ0v) is 16.9. The number of benzene rings is 2.